The fraction of sp³-hybridized carbons (Fsp3) is 0.412. The van der Waals surface area contributed by atoms with Crippen LogP contribution < -0.4 is 9.80 Å². The van der Waals surface area contributed by atoms with Crippen LogP contribution in [0.25, 0.3) is 0 Å². The zero-order valence-electron chi connectivity index (χ0n) is 12.5. The highest BCUT2D eigenvalue weighted by molar-refractivity contribution is 6.30. The normalized spacial score (nSPS) is 17.7. The van der Waals surface area contributed by atoms with E-state index in [1.165, 1.54) is 29.2 Å². The van der Waals surface area contributed by atoms with Crippen molar-refractivity contribution >= 4 is 23.1 Å². The molecule has 0 bridgehead atoms. The van der Waals surface area contributed by atoms with Crippen molar-refractivity contribution in [3.63, 3.8) is 0 Å². The Bertz CT molecular complexity index is 663. The van der Waals surface area contributed by atoms with Crippen molar-refractivity contribution in [3.05, 3.63) is 46.9 Å². The predicted molar refractivity (Wildman–Crippen MR) is 89.9 cm³/mol. The van der Waals surface area contributed by atoms with Gasteiger partial charge in [-0.2, -0.15) is 0 Å². The lowest BCUT2D eigenvalue weighted by Crippen LogP contribution is -2.47. The van der Waals surface area contributed by atoms with Gasteiger partial charge >= 0.3 is 0 Å². The van der Waals surface area contributed by atoms with E-state index in [-0.39, 0.29) is 0 Å². The molecule has 0 atom stereocenters. The first kappa shape index (κ1) is 13.8. The van der Waals surface area contributed by atoms with Gasteiger partial charge in [0.1, 0.15) is 12.1 Å². The van der Waals surface area contributed by atoms with Gasteiger partial charge < -0.3 is 9.80 Å². The van der Waals surface area contributed by atoms with Crippen LogP contribution in [0.15, 0.2) is 30.6 Å². The van der Waals surface area contributed by atoms with E-state index in [2.05, 4.69) is 31.9 Å². The van der Waals surface area contributed by atoms with E-state index < -0.39 is 0 Å². The van der Waals surface area contributed by atoms with Crippen molar-refractivity contribution in [2.75, 3.05) is 36.0 Å². The van der Waals surface area contributed by atoms with Gasteiger partial charge in [0, 0.05) is 48.1 Å². The van der Waals surface area contributed by atoms with Crippen LogP contribution >= 0.6 is 11.6 Å². The minimum Gasteiger partial charge on any atom is -0.368 e. The number of piperazine rings is 1. The summed E-state index contributed by atoms with van der Waals surface area (Å²) in [5, 5.41) is 0.791. The number of aryl methyl sites for hydroxylation is 1. The van der Waals surface area contributed by atoms with Crippen LogP contribution in [0.4, 0.5) is 11.5 Å². The molecule has 1 saturated heterocycles. The maximum atomic E-state index is 5.97. The third-order valence-electron chi connectivity index (χ3n) is 4.62. The number of fused-ring (bicyclic) bond motifs is 1. The van der Waals surface area contributed by atoms with Crippen molar-refractivity contribution in [2.24, 2.45) is 0 Å². The largest absolute Gasteiger partial charge is 0.368 e. The molecule has 1 fully saturated rings. The number of anilines is 2. The maximum absolute atomic E-state index is 5.97. The van der Waals surface area contributed by atoms with Gasteiger partial charge in [0.05, 0.1) is 0 Å². The van der Waals surface area contributed by atoms with E-state index in [4.69, 9.17) is 11.6 Å². The molecule has 1 aromatic heterocycles. The second-order valence-electron chi connectivity index (χ2n) is 5.93. The predicted octanol–water partition coefficient (Wildman–Crippen LogP) is 2.95. The molecule has 1 aliphatic heterocycles. The number of hydrogen-bond acceptors (Lipinski definition) is 4. The zero-order chi connectivity index (χ0) is 14.9. The van der Waals surface area contributed by atoms with Crippen LogP contribution in [-0.2, 0) is 12.8 Å². The summed E-state index contributed by atoms with van der Waals surface area (Å²) < 4.78 is 0. The Labute approximate surface area is 135 Å². The zero-order valence-corrected chi connectivity index (χ0v) is 13.3. The second-order valence-corrected chi connectivity index (χ2v) is 6.36. The fourth-order valence-electron chi connectivity index (χ4n) is 3.44. The third kappa shape index (κ3) is 2.52. The van der Waals surface area contributed by atoms with E-state index >= 15 is 0 Å². The Morgan fingerprint density at radius 3 is 2.36 bits per heavy atom. The molecule has 0 spiro atoms. The molecule has 1 aliphatic carbocycles. The lowest BCUT2D eigenvalue weighted by Gasteiger charge is -2.37. The van der Waals surface area contributed by atoms with Gasteiger partial charge in [0.25, 0.3) is 0 Å². The summed E-state index contributed by atoms with van der Waals surface area (Å²) in [6.07, 6.45) is 5.18. The molecular weight excluding hydrogens is 296 g/mol. The molecule has 4 nitrogen and oxygen atoms in total. The summed E-state index contributed by atoms with van der Waals surface area (Å²) in [5.41, 5.74) is 3.88. The molecule has 5 heteroatoms. The molecule has 0 unspecified atom stereocenters. The quantitative estimate of drug-likeness (QED) is 0.853. The van der Waals surface area contributed by atoms with Gasteiger partial charge in [0.2, 0.25) is 0 Å². The first-order valence-electron chi connectivity index (χ1n) is 7.89. The molecule has 0 amide bonds. The van der Waals surface area contributed by atoms with Crippen LogP contribution in [0.5, 0.6) is 0 Å². The minimum atomic E-state index is 0.791. The van der Waals surface area contributed by atoms with E-state index in [1.54, 1.807) is 6.33 Å². The molecule has 1 aromatic carbocycles. The maximum Gasteiger partial charge on any atom is 0.135 e. The van der Waals surface area contributed by atoms with Gasteiger partial charge in [-0.1, -0.05) is 11.6 Å². The summed E-state index contributed by atoms with van der Waals surface area (Å²) in [6.45, 7) is 4.04. The molecule has 2 aromatic rings. The standard InChI is InChI=1S/C17H19ClN4/c18-13-4-6-14(7-5-13)21-8-10-22(11-9-21)17-15-2-1-3-16(15)19-12-20-17/h4-7,12H,1-3,8-11H2. The van der Waals surface area contributed by atoms with Crippen LogP contribution in [0, 0.1) is 0 Å². The van der Waals surface area contributed by atoms with Gasteiger partial charge in [-0.3, -0.25) is 0 Å². The van der Waals surface area contributed by atoms with Crippen LogP contribution in [-0.4, -0.2) is 36.1 Å². The lowest BCUT2D eigenvalue weighted by molar-refractivity contribution is 0.644. The van der Waals surface area contributed by atoms with Crippen LogP contribution in [0.1, 0.15) is 17.7 Å². The van der Waals surface area contributed by atoms with Gasteiger partial charge in [-0.05, 0) is 43.5 Å². The number of hydrogen-bond donors (Lipinski definition) is 0. The summed E-state index contributed by atoms with van der Waals surface area (Å²) in [5.74, 6) is 1.17. The van der Waals surface area contributed by atoms with Crippen LogP contribution in [0.3, 0.4) is 0 Å². The van der Waals surface area contributed by atoms with Crippen molar-refractivity contribution in [1.82, 2.24) is 9.97 Å². The van der Waals surface area contributed by atoms with Crippen LogP contribution in [0.2, 0.25) is 5.02 Å². The minimum absolute atomic E-state index is 0.791. The monoisotopic (exact) mass is 314 g/mol. The highest BCUT2D eigenvalue weighted by atomic mass is 35.5. The Balaban J connectivity index is 1.48. The molecule has 0 radical (unpaired) electrons. The van der Waals surface area contributed by atoms with Gasteiger partial charge in [-0.15, -0.1) is 0 Å². The first-order chi connectivity index (χ1) is 10.8. The highest BCUT2D eigenvalue weighted by Gasteiger charge is 2.24. The molecule has 4 rings (SSSR count). The number of nitrogens with zero attached hydrogens (tertiary/aromatic N) is 4. The molecule has 0 N–H and O–H groups in total. The van der Waals surface area contributed by atoms with E-state index in [1.807, 2.05) is 12.1 Å². The lowest BCUT2D eigenvalue weighted by atomic mass is 10.2. The van der Waals surface area contributed by atoms with Gasteiger partial charge in [0.15, 0.2) is 0 Å². The number of halogens is 1. The number of benzene rings is 1. The molecular formula is C17H19ClN4. The summed E-state index contributed by atoms with van der Waals surface area (Å²) >= 11 is 5.97. The second kappa shape index (κ2) is 5.76. The Kier molecular flexibility index (Phi) is 3.62. The molecule has 22 heavy (non-hydrogen) atoms. The van der Waals surface area contributed by atoms with E-state index in [9.17, 15) is 0 Å². The molecule has 2 aliphatic rings. The smallest absolute Gasteiger partial charge is 0.135 e. The Hall–Kier alpha value is -1.81. The molecule has 114 valence electrons. The summed E-state index contributed by atoms with van der Waals surface area (Å²) in [6, 6.07) is 8.11. The molecule has 0 saturated carbocycles. The summed E-state index contributed by atoms with van der Waals surface area (Å²) in [4.78, 5) is 13.8. The number of aromatic nitrogens is 2. The SMILES string of the molecule is Clc1ccc(N2CCN(c3ncnc4c3CCC4)CC2)cc1. The average Bonchev–Trinajstić information content (AvgIpc) is 3.04. The van der Waals surface area contributed by atoms with Crippen molar-refractivity contribution < 1.29 is 0 Å². The topological polar surface area (TPSA) is 32.3 Å². The molecule has 2 heterocycles. The fourth-order valence-corrected chi connectivity index (χ4v) is 3.57. The van der Waals surface area contributed by atoms with E-state index in [0.29, 0.717) is 0 Å². The average molecular weight is 315 g/mol. The Morgan fingerprint density at radius 2 is 1.59 bits per heavy atom. The summed E-state index contributed by atoms with van der Waals surface area (Å²) in [7, 11) is 0. The third-order valence-corrected chi connectivity index (χ3v) is 4.88. The van der Waals surface area contributed by atoms with Crippen molar-refractivity contribution in [2.45, 2.75) is 19.3 Å². The highest BCUT2D eigenvalue weighted by Crippen LogP contribution is 2.29. The van der Waals surface area contributed by atoms with E-state index in [0.717, 1.165) is 44.0 Å². The number of rotatable bonds is 2. The van der Waals surface area contributed by atoms with Gasteiger partial charge in [-0.25, -0.2) is 9.97 Å². The van der Waals surface area contributed by atoms with Crippen molar-refractivity contribution in [1.29, 1.82) is 0 Å². The van der Waals surface area contributed by atoms with Crippen molar-refractivity contribution in [3.8, 4) is 0 Å². The first-order valence-corrected chi connectivity index (χ1v) is 8.27. The Morgan fingerprint density at radius 1 is 0.864 bits per heavy atom.